The number of aryl methyl sites for hydroxylation is 2. The molecule has 13 heteroatoms. The maximum atomic E-state index is 13.8. The highest BCUT2D eigenvalue weighted by molar-refractivity contribution is 7.17. The molecular weight excluding hydrogens is 649 g/mol. The van der Waals surface area contributed by atoms with E-state index in [1.807, 2.05) is 13.8 Å². The smallest absolute Gasteiger partial charge is 0.367 e. The molecule has 2 aliphatic heterocycles. The van der Waals surface area contributed by atoms with Crippen LogP contribution in [0, 0.1) is 30.6 Å². The number of carbonyl (C=O) groups is 1. The summed E-state index contributed by atoms with van der Waals surface area (Å²) in [6.45, 7) is 10.3. The van der Waals surface area contributed by atoms with E-state index in [9.17, 15) is 23.5 Å². The number of ether oxygens (including phenoxy) is 2. The Hall–Kier alpha value is -1.23. The van der Waals surface area contributed by atoms with Gasteiger partial charge in [-0.15, -0.1) is 11.6 Å². The first-order chi connectivity index (χ1) is 22.3. The van der Waals surface area contributed by atoms with Crippen LogP contribution in [-0.2, 0) is 33.7 Å². The van der Waals surface area contributed by atoms with Crippen molar-refractivity contribution in [3.8, 4) is 0 Å². The van der Waals surface area contributed by atoms with E-state index in [1.54, 1.807) is 4.57 Å². The highest BCUT2D eigenvalue weighted by atomic mass is 35.5. The molecule has 2 N–H and O–H groups in total. The zero-order chi connectivity index (χ0) is 34.0. The summed E-state index contributed by atoms with van der Waals surface area (Å²) >= 11 is 6.74. The lowest BCUT2D eigenvalue weighted by molar-refractivity contribution is -0.203. The van der Waals surface area contributed by atoms with Crippen molar-refractivity contribution in [3.63, 3.8) is 0 Å². The largest absolute Gasteiger partial charge is 0.481 e. The maximum absolute atomic E-state index is 13.8. The minimum Gasteiger partial charge on any atom is -0.481 e. The van der Waals surface area contributed by atoms with Gasteiger partial charge in [-0.3, -0.25) is 19.1 Å². The van der Waals surface area contributed by atoms with Crippen molar-refractivity contribution in [2.75, 3.05) is 19.7 Å². The number of fused-ring (bicyclic) bond motifs is 1. The van der Waals surface area contributed by atoms with E-state index in [1.165, 1.54) is 9.24 Å². The van der Waals surface area contributed by atoms with E-state index in [4.69, 9.17) is 26.1 Å². The molecule has 266 valence electrons. The van der Waals surface area contributed by atoms with Gasteiger partial charge in [-0.05, 0) is 105 Å². The van der Waals surface area contributed by atoms with Gasteiger partial charge in [-0.1, -0.05) is 13.8 Å². The highest BCUT2D eigenvalue weighted by Crippen LogP contribution is 2.44. The summed E-state index contributed by atoms with van der Waals surface area (Å²) < 4.78 is 39.9. The molecule has 9 nitrogen and oxygen atoms in total. The summed E-state index contributed by atoms with van der Waals surface area (Å²) in [6.07, 6.45) is 6.94. The molecule has 47 heavy (non-hydrogen) atoms. The number of piperidine rings is 2. The first-order valence-corrected chi connectivity index (χ1v) is 18.7. The molecule has 3 heterocycles. The zero-order valence-electron chi connectivity index (χ0n) is 28.3. The van der Waals surface area contributed by atoms with E-state index in [0.717, 1.165) is 49.8 Å². The second-order valence-corrected chi connectivity index (χ2v) is 15.8. The van der Waals surface area contributed by atoms with Crippen LogP contribution in [0.3, 0.4) is 0 Å². The summed E-state index contributed by atoms with van der Waals surface area (Å²) in [4.78, 5) is 33.1. The van der Waals surface area contributed by atoms with Crippen LogP contribution in [0.2, 0.25) is 0 Å². The number of rotatable bonds is 11. The van der Waals surface area contributed by atoms with Gasteiger partial charge in [0.1, 0.15) is 5.82 Å². The minimum atomic E-state index is -3.20. The molecule has 9 unspecified atom stereocenters. The van der Waals surface area contributed by atoms with Gasteiger partial charge in [0.25, 0.3) is 5.56 Å². The van der Waals surface area contributed by atoms with Crippen LogP contribution in [0.5, 0.6) is 0 Å². The number of aromatic nitrogens is 2. The second-order valence-electron chi connectivity index (χ2n) is 14.5. The van der Waals surface area contributed by atoms with Crippen LogP contribution < -0.4 is 10.9 Å². The molecule has 1 aromatic rings. The standard InChI is InChI=1S/C34H54ClF2N4O5P/c1-5-25(33(43)44)31-20(3)26(16-19(2)38-31)27-17-22(35)6-9-30(27)45-15-14-41-21(4)39-29-8-7-23(18-28(29)32(41)42)40-12-10-24(11-13-40)46-34(36,37)47/h19-20,22-27,30-31,38H,5-18,47H2,1-4H3,(H,43,44)/t19?,20?,22?,23-,25?,26?,27?,30?,31?/m0/s1. The van der Waals surface area contributed by atoms with Crippen molar-refractivity contribution >= 4 is 26.8 Å². The third-order valence-electron chi connectivity index (χ3n) is 11.5. The quantitative estimate of drug-likeness (QED) is 0.239. The van der Waals surface area contributed by atoms with Gasteiger partial charge in [-0.2, -0.15) is 8.78 Å². The average molecular weight is 703 g/mol. The van der Waals surface area contributed by atoms with Gasteiger partial charge >= 0.3 is 11.8 Å². The van der Waals surface area contributed by atoms with Crippen molar-refractivity contribution < 1.29 is 28.2 Å². The molecule has 2 aliphatic carbocycles. The van der Waals surface area contributed by atoms with E-state index >= 15 is 0 Å². The third kappa shape index (κ3) is 8.93. The van der Waals surface area contributed by atoms with E-state index in [-0.39, 0.29) is 52.9 Å². The van der Waals surface area contributed by atoms with Crippen molar-refractivity contribution in [2.24, 2.45) is 23.7 Å². The van der Waals surface area contributed by atoms with Crippen LogP contribution in [0.1, 0.15) is 89.2 Å². The Bertz CT molecular complexity index is 1290. The molecule has 0 radical (unpaired) electrons. The molecule has 2 saturated heterocycles. The van der Waals surface area contributed by atoms with E-state index in [0.29, 0.717) is 57.7 Å². The number of nitrogens with one attached hydrogen (secondary N) is 1. The van der Waals surface area contributed by atoms with Crippen molar-refractivity contribution in [2.45, 2.75) is 140 Å². The van der Waals surface area contributed by atoms with E-state index < -0.39 is 23.8 Å². The fraction of sp³-hybridized carbons (Fsp3) is 0.853. The van der Waals surface area contributed by atoms with Crippen molar-refractivity contribution in [1.82, 2.24) is 19.8 Å². The molecule has 10 atom stereocenters. The van der Waals surface area contributed by atoms with Crippen molar-refractivity contribution in [1.29, 1.82) is 0 Å². The number of carboxylic acid groups (broad SMARTS) is 1. The van der Waals surface area contributed by atoms with Gasteiger partial charge in [-0.25, -0.2) is 4.98 Å². The normalized spacial score (nSPS) is 33.4. The number of alkyl halides is 3. The van der Waals surface area contributed by atoms with Crippen LogP contribution >= 0.6 is 20.8 Å². The lowest BCUT2D eigenvalue weighted by Gasteiger charge is -2.49. The Morgan fingerprint density at radius 3 is 2.55 bits per heavy atom. The van der Waals surface area contributed by atoms with E-state index in [2.05, 4.69) is 24.1 Å². The van der Waals surface area contributed by atoms with Gasteiger partial charge in [0.05, 0.1) is 37.0 Å². The van der Waals surface area contributed by atoms with Crippen LogP contribution in [0.25, 0.3) is 0 Å². The molecule has 0 spiro atoms. The zero-order valence-corrected chi connectivity index (χ0v) is 30.2. The topological polar surface area (TPSA) is 106 Å². The van der Waals surface area contributed by atoms with Crippen LogP contribution in [-0.4, -0.2) is 86.8 Å². The first-order valence-electron chi connectivity index (χ1n) is 17.7. The number of likely N-dealkylation sites (tertiary alicyclic amines) is 1. The first kappa shape index (κ1) is 37.0. The lowest BCUT2D eigenvalue weighted by atomic mass is 9.65. The number of aliphatic carboxylic acids is 1. The van der Waals surface area contributed by atoms with Crippen LogP contribution in [0.15, 0.2) is 4.79 Å². The van der Waals surface area contributed by atoms with Gasteiger partial charge in [0.15, 0.2) is 0 Å². The highest BCUT2D eigenvalue weighted by Gasteiger charge is 2.46. The molecule has 0 bridgehead atoms. The summed E-state index contributed by atoms with van der Waals surface area (Å²) in [7, 11) is 1.45. The fourth-order valence-electron chi connectivity index (χ4n) is 9.11. The number of nitrogens with zero attached hydrogens (tertiary/aromatic N) is 3. The summed E-state index contributed by atoms with van der Waals surface area (Å²) in [6, 6.07) is 0.284. The molecule has 1 aromatic heterocycles. The summed E-state index contributed by atoms with van der Waals surface area (Å²) in [5.74, 6) is -3.03. The number of hydrogen-bond acceptors (Lipinski definition) is 7. The Morgan fingerprint density at radius 1 is 1.17 bits per heavy atom. The predicted molar refractivity (Wildman–Crippen MR) is 181 cm³/mol. The average Bonchev–Trinajstić information content (AvgIpc) is 3.00. The van der Waals surface area contributed by atoms with Gasteiger partial charge < -0.3 is 19.9 Å². The summed E-state index contributed by atoms with van der Waals surface area (Å²) in [5.41, 5.74) is 1.62. The Kier molecular flexibility index (Phi) is 12.4. The Labute approximate surface area is 285 Å². The number of halogens is 3. The molecule has 0 amide bonds. The monoisotopic (exact) mass is 702 g/mol. The maximum Gasteiger partial charge on any atom is 0.367 e. The Morgan fingerprint density at radius 2 is 1.89 bits per heavy atom. The van der Waals surface area contributed by atoms with Crippen LogP contribution in [0.4, 0.5) is 8.78 Å². The Balaban J connectivity index is 1.23. The summed E-state index contributed by atoms with van der Waals surface area (Å²) in [5, 5.41) is 13.6. The van der Waals surface area contributed by atoms with Gasteiger partial charge in [0.2, 0.25) is 0 Å². The molecular formula is C34H54ClF2N4O5P. The van der Waals surface area contributed by atoms with Crippen molar-refractivity contribution in [3.05, 3.63) is 27.4 Å². The third-order valence-corrected chi connectivity index (χ3v) is 12.0. The second kappa shape index (κ2) is 15.8. The molecule has 4 aliphatic rings. The lowest BCUT2D eigenvalue weighted by Crippen LogP contribution is -2.57. The van der Waals surface area contributed by atoms with Gasteiger partial charge in [0, 0.05) is 42.2 Å². The molecule has 3 fully saturated rings. The number of hydrogen-bond donors (Lipinski definition) is 2. The molecule has 0 aromatic carbocycles. The SMILES string of the molecule is CCC(C(=O)O)C1NC(C)CC(C2CC(Cl)CCC2OCCn2c(C)nc3c(c2=O)C[C@@H](N2CCC(OC(F)(F)P)CC2)CC3)C1C. The number of carboxylic acids is 1. The molecule has 5 rings (SSSR count). The minimum absolute atomic E-state index is 0.00237. The molecule has 1 saturated carbocycles. The fourth-order valence-corrected chi connectivity index (χ4v) is 9.63. The predicted octanol–water partition coefficient (Wildman–Crippen LogP) is 5.22.